The van der Waals surface area contributed by atoms with E-state index in [-0.39, 0.29) is 17.1 Å². The molecule has 0 saturated carbocycles. The fraction of sp³-hybridized carbons (Fsp3) is 0.467. The summed E-state index contributed by atoms with van der Waals surface area (Å²) in [6, 6.07) is 9.82. The van der Waals surface area contributed by atoms with Gasteiger partial charge in [-0.2, -0.15) is 11.8 Å². The molecule has 3 nitrogen and oxygen atoms in total. The second-order valence-corrected chi connectivity index (χ2v) is 5.97. The summed E-state index contributed by atoms with van der Waals surface area (Å²) < 4.78 is 0. The van der Waals surface area contributed by atoms with Gasteiger partial charge in [0, 0.05) is 7.05 Å². The van der Waals surface area contributed by atoms with Crippen LogP contribution in [0.1, 0.15) is 25.3 Å². The molecular formula is C15H19NO2S. The number of carbonyl (C=O) groups is 2. The van der Waals surface area contributed by atoms with Gasteiger partial charge < -0.3 is 0 Å². The molecule has 1 fully saturated rings. The van der Waals surface area contributed by atoms with E-state index in [1.807, 2.05) is 43.5 Å². The van der Waals surface area contributed by atoms with E-state index in [2.05, 4.69) is 0 Å². The Kier molecular flexibility index (Phi) is 3.99. The summed E-state index contributed by atoms with van der Waals surface area (Å²) in [6.07, 6.45) is 3.23. The van der Waals surface area contributed by atoms with Crippen LogP contribution < -0.4 is 0 Å². The van der Waals surface area contributed by atoms with Gasteiger partial charge in [0.2, 0.25) is 11.8 Å². The predicted octanol–water partition coefficient (Wildman–Crippen LogP) is 2.45. The summed E-state index contributed by atoms with van der Waals surface area (Å²) in [5, 5.41) is -0.136. The lowest BCUT2D eigenvalue weighted by molar-refractivity contribution is -0.151. The van der Waals surface area contributed by atoms with Crippen LogP contribution in [0.25, 0.3) is 0 Å². The second-order valence-electron chi connectivity index (χ2n) is 4.93. The molecule has 1 aliphatic rings. The molecule has 19 heavy (non-hydrogen) atoms. The van der Waals surface area contributed by atoms with Crippen LogP contribution in [0.15, 0.2) is 30.3 Å². The third kappa shape index (κ3) is 2.18. The van der Waals surface area contributed by atoms with E-state index in [0.29, 0.717) is 12.8 Å². The van der Waals surface area contributed by atoms with E-state index in [9.17, 15) is 9.59 Å². The Hall–Kier alpha value is -1.29. The molecule has 2 rings (SSSR count). The predicted molar refractivity (Wildman–Crippen MR) is 78.1 cm³/mol. The van der Waals surface area contributed by atoms with Crippen LogP contribution in [0.5, 0.6) is 0 Å². The van der Waals surface area contributed by atoms with Crippen molar-refractivity contribution >= 4 is 23.6 Å². The topological polar surface area (TPSA) is 37.4 Å². The second kappa shape index (κ2) is 5.37. The maximum absolute atomic E-state index is 12.6. The number of benzene rings is 1. The minimum absolute atomic E-state index is 0.0718. The van der Waals surface area contributed by atoms with Crippen molar-refractivity contribution in [2.75, 3.05) is 13.3 Å². The number of likely N-dealkylation sites (tertiary alicyclic amines) is 1. The number of piperidine rings is 1. The van der Waals surface area contributed by atoms with Crippen molar-refractivity contribution in [1.82, 2.24) is 4.90 Å². The lowest BCUT2D eigenvalue weighted by Crippen LogP contribution is -2.56. The van der Waals surface area contributed by atoms with E-state index in [4.69, 9.17) is 0 Å². The molecular weight excluding hydrogens is 258 g/mol. The molecule has 1 saturated heterocycles. The summed E-state index contributed by atoms with van der Waals surface area (Å²) >= 11 is 1.53. The van der Waals surface area contributed by atoms with Gasteiger partial charge in [-0.05, 0) is 24.7 Å². The molecule has 2 unspecified atom stereocenters. The Bertz CT molecular complexity index is 488. The first kappa shape index (κ1) is 14.1. The largest absolute Gasteiger partial charge is 0.284 e. The number of rotatable bonds is 3. The van der Waals surface area contributed by atoms with Gasteiger partial charge in [0.05, 0.1) is 10.7 Å². The fourth-order valence-electron chi connectivity index (χ4n) is 2.81. The van der Waals surface area contributed by atoms with Crippen molar-refractivity contribution < 1.29 is 9.59 Å². The molecule has 0 bridgehead atoms. The van der Waals surface area contributed by atoms with Crippen molar-refractivity contribution in [3.8, 4) is 0 Å². The zero-order valence-corrected chi connectivity index (χ0v) is 12.4. The maximum atomic E-state index is 12.6. The molecule has 102 valence electrons. The van der Waals surface area contributed by atoms with Gasteiger partial charge in [0.25, 0.3) is 0 Å². The first-order valence-electron chi connectivity index (χ1n) is 6.47. The van der Waals surface area contributed by atoms with Crippen LogP contribution in [-0.2, 0) is 15.0 Å². The standard InChI is InChI=1S/C15H19NO2S/c1-4-15(11-8-6-5-7-9-11)10-12(19-3)13(17)16(2)14(15)18/h5-9,12H,4,10H2,1-3H3. The van der Waals surface area contributed by atoms with Crippen molar-refractivity contribution in [3.63, 3.8) is 0 Å². The third-order valence-corrected chi connectivity index (χ3v) is 5.01. The Morgan fingerprint density at radius 2 is 1.95 bits per heavy atom. The van der Waals surface area contributed by atoms with Gasteiger partial charge >= 0.3 is 0 Å². The molecule has 4 heteroatoms. The molecule has 2 atom stereocenters. The van der Waals surface area contributed by atoms with Crippen molar-refractivity contribution in [1.29, 1.82) is 0 Å². The number of carbonyl (C=O) groups excluding carboxylic acids is 2. The lowest BCUT2D eigenvalue weighted by Gasteiger charge is -2.42. The van der Waals surface area contributed by atoms with Crippen LogP contribution in [0, 0.1) is 0 Å². The highest BCUT2D eigenvalue weighted by Gasteiger charge is 2.49. The molecule has 0 N–H and O–H groups in total. The van der Waals surface area contributed by atoms with E-state index >= 15 is 0 Å². The fourth-order valence-corrected chi connectivity index (χ4v) is 3.62. The molecule has 2 amide bonds. The Balaban J connectivity index is 2.49. The van der Waals surface area contributed by atoms with E-state index < -0.39 is 5.41 Å². The van der Waals surface area contributed by atoms with Crippen LogP contribution in [0.4, 0.5) is 0 Å². The van der Waals surface area contributed by atoms with Crippen LogP contribution in [0.3, 0.4) is 0 Å². The summed E-state index contributed by atoms with van der Waals surface area (Å²) in [5.74, 6) is -0.144. The average Bonchev–Trinajstić information content (AvgIpc) is 2.47. The monoisotopic (exact) mass is 277 g/mol. The highest BCUT2D eigenvalue weighted by Crippen LogP contribution is 2.41. The first-order chi connectivity index (χ1) is 9.06. The highest BCUT2D eigenvalue weighted by molar-refractivity contribution is 7.99. The van der Waals surface area contributed by atoms with Gasteiger partial charge in [0.15, 0.2) is 0 Å². The van der Waals surface area contributed by atoms with Gasteiger partial charge in [-0.25, -0.2) is 0 Å². The molecule has 0 radical (unpaired) electrons. The summed E-state index contributed by atoms with van der Waals surface area (Å²) in [7, 11) is 1.60. The maximum Gasteiger partial charge on any atom is 0.242 e. The third-order valence-electron chi connectivity index (χ3n) is 4.07. The van der Waals surface area contributed by atoms with Gasteiger partial charge in [-0.1, -0.05) is 37.3 Å². The van der Waals surface area contributed by atoms with E-state index in [1.54, 1.807) is 7.05 Å². The Morgan fingerprint density at radius 3 is 2.47 bits per heavy atom. The first-order valence-corrected chi connectivity index (χ1v) is 7.76. The number of hydrogen-bond acceptors (Lipinski definition) is 3. The zero-order chi connectivity index (χ0) is 14.0. The van der Waals surface area contributed by atoms with Gasteiger partial charge in [-0.15, -0.1) is 0 Å². The molecule has 0 aromatic heterocycles. The van der Waals surface area contributed by atoms with Crippen LogP contribution in [-0.4, -0.2) is 35.3 Å². The molecule has 1 heterocycles. The number of amides is 2. The number of nitrogens with zero attached hydrogens (tertiary/aromatic N) is 1. The Morgan fingerprint density at radius 1 is 1.32 bits per heavy atom. The summed E-state index contributed by atoms with van der Waals surface area (Å²) in [5.41, 5.74) is 0.457. The molecule has 0 spiro atoms. The quantitative estimate of drug-likeness (QED) is 0.796. The summed E-state index contributed by atoms with van der Waals surface area (Å²) in [6.45, 7) is 2.02. The van der Waals surface area contributed by atoms with E-state index in [1.165, 1.54) is 16.7 Å². The Labute approximate surface area is 118 Å². The SMILES string of the molecule is CCC1(c2ccccc2)CC(SC)C(=O)N(C)C1=O. The number of likely N-dealkylation sites (N-methyl/N-ethyl adjacent to an activating group) is 1. The van der Waals surface area contributed by atoms with Gasteiger partial charge in [-0.3, -0.25) is 14.5 Å². The molecule has 1 aliphatic heterocycles. The number of imide groups is 1. The summed E-state index contributed by atoms with van der Waals surface area (Å²) in [4.78, 5) is 26.0. The minimum atomic E-state index is -0.558. The lowest BCUT2D eigenvalue weighted by atomic mass is 9.71. The number of thioether (sulfide) groups is 1. The molecule has 0 aliphatic carbocycles. The highest BCUT2D eigenvalue weighted by atomic mass is 32.2. The normalized spacial score (nSPS) is 27.7. The van der Waals surface area contributed by atoms with Crippen LogP contribution in [0.2, 0.25) is 0 Å². The van der Waals surface area contributed by atoms with Crippen molar-refractivity contribution in [2.24, 2.45) is 0 Å². The van der Waals surface area contributed by atoms with Crippen molar-refractivity contribution in [3.05, 3.63) is 35.9 Å². The minimum Gasteiger partial charge on any atom is -0.284 e. The number of hydrogen-bond donors (Lipinski definition) is 0. The van der Waals surface area contributed by atoms with Crippen molar-refractivity contribution in [2.45, 2.75) is 30.4 Å². The zero-order valence-electron chi connectivity index (χ0n) is 11.6. The van der Waals surface area contributed by atoms with Gasteiger partial charge in [0.1, 0.15) is 0 Å². The van der Waals surface area contributed by atoms with E-state index in [0.717, 1.165) is 5.56 Å². The smallest absolute Gasteiger partial charge is 0.242 e. The average molecular weight is 277 g/mol. The van der Waals surface area contributed by atoms with Crippen LogP contribution >= 0.6 is 11.8 Å². The molecule has 1 aromatic carbocycles. The molecule has 1 aromatic rings.